The topological polar surface area (TPSA) is 125 Å². The van der Waals surface area contributed by atoms with Gasteiger partial charge >= 0.3 is 6.09 Å². The SMILES string of the molecule is Cc1nc(Nc2ncc(-c3ccncc3)s2)cc(N(C)CCNC(=O)C(C)N(C)C(=O)OC(C)(C)C)n1. The van der Waals surface area contributed by atoms with Crippen LogP contribution in [0.2, 0.25) is 0 Å². The molecule has 0 radical (unpaired) electrons. The number of amides is 2. The Labute approximate surface area is 221 Å². The summed E-state index contributed by atoms with van der Waals surface area (Å²) >= 11 is 1.52. The average molecular weight is 527 g/mol. The number of aryl methyl sites for hydroxylation is 1. The smallest absolute Gasteiger partial charge is 0.410 e. The predicted octanol–water partition coefficient (Wildman–Crippen LogP) is 3.85. The van der Waals surface area contributed by atoms with Crippen LogP contribution in [0.4, 0.5) is 21.6 Å². The average Bonchev–Trinajstić information content (AvgIpc) is 3.30. The molecular formula is C25H34N8O3S. The van der Waals surface area contributed by atoms with Crippen LogP contribution in [0.3, 0.4) is 0 Å². The summed E-state index contributed by atoms with van der Waals surface area (Å²) in [5.74, 6) is 1.67. The van der Waals surface area contributed by atoms with Gasteiger partial charge < -0.3 is 20.3 Å². The number of likely N-dealkylation sites (N-methyl/N-ethyl adjacent to an activating group) is 2. The van der Waals surface area contributed by atoms with Crippen LogP contribution in [0, 0.1) is 6.92 Å². The lowest BCUT2D eigenvalue weighted by Crippen LogP contribution is -2.48. The van der Waals surface area contributed by atoms with Crippen LogP contribution in [0.15, 0.2) is 36.8 Å². The van der Waals surface area contributed by atoms with Crippen LogP contribution in [-0.4, -0.2) is 75.7 Å². The predicted molar refractivity (Wildman–Crippen MR) is 145 cm³/mol. The molecule has 3 heterocycles. The number of hydrogen-bond acceptors (Lipinski definition) is 10. The van der Waals surface area contributed by atoms with Gasteiger partial charge in [-0.2, -0.15) is 0 Å². The molecule has 2 amide bonds. The van der Waals surface area contributed by atoms with Gasteiger partial charge in [-0.1, -0.05) is 11.3 Å². The molecule has 0 spiro atoms. The molecule has 3 aromatic heterocycles. The molecule has 0 aliphatic heterocycles. The van der Waals surface area contributed by atoms with E-state index in [2.05, 4.69) is 30.6 Å². The maximum atomic E-state index is 12.6. The molecule has 3 aromatic rings. The number of pyridine rings is 1. The molecule has 0 saturated carbocycles. The Morgan fingerprint density at radius 3 is 2.54 bits per heavy atom. The molecule has 0 saturated heterocycles. The third-order valence-electron chi connectivity index (χ3n) is 5.31. The zero-order chi connectivity index (χ0) is 27.2. The quantitative estimate of drug-likeness (QED) is 0.427. The highest BCUT2D eigenvalue weighted by atomic mass is 32.1. The molecule has 0 bridgehead atoms. The van der Waals surface area contributed by atoms with E-state index >= 15 is 0 Å². The first-order valence-corrected chi connectivity index (χ1v) is 12.7. The number of carbonyl (C=O) groups is 2. The lowest BCUT2D eigenvalue weighted by atomic mass is 10.2. The second-order valence-corrected chi connectivity index (χ2v) is 10.6. The normalized spacial score (nSPS) is 12.0. The third-order valence-corrected chi connectivity index (χ3v) is 6.27. The molecule has 0 fully saturated rings. The Kier molecular flexibility index (Phi) is 8.98. The second kappa shape index (κ2) is 12.0. The number of ether oxygens (including phenoxy) is 1. The highest BCUT2D eigenvalue weighted by Crippen LogP contribution is 2.30. The Bertz CT molecular complexity index is 1210. The summed E-state index contributed by atoms with van der Waals surface area (Å²) in [6, 6.07) is 5.04. The van der Waals surface area contributed by atoms with Crippen molar-refractivity contribution in [1.29, 1.82) is 0 Å². The number of nitrogens with zero attached hydrogens (tertiary/aromatic N) is 6. The van der Waals surface area contributed by atoms with Crippen molar-refractivity contribution in [2.45, 2.75) is 46.3 Å². The summed E-state index contributed by atoms with van der Waals surface area (Å²) < 4.78 is 5.33. The van der Waals surface area contributed by atoms with Crippen LogP contribution < -0.4 is 15.5 Å². The van der Waals surface area contributed by atoms with Gasteiger partial charge in [0.15, 0.2) is 5.13 Å². The molecule has 3 rings (SSSR count). The number of nitrogens with one attached hydrogen (secondary N) is 2. The van der Waals surface area contributed by atoms with Gasteiger partial charge in [0.2, 0.25) is 5.91 Å². The van der Waals surface area contributed by atoms with Crippen molar-refractivity contribution in [1.82, 2.24) is 30.2 Å². The molecule has 2 N–H and O–H groups in total. The summed E-state index contributed by atoms with van der Waals surface area (Å²) in [7, 11) is 3.43. The van der Waals surface area contributed by atoms with Crippen molar-refractivity contribution in [2.75, 3.05) is 37.4 Å². The first-order valence-electron chi connectivity index (χ1n) is 11.9. The number of anilines is 3. The monoisotopic (exact) mass is 526 g/mol. The number of aromatic nitrogens is 4. The van der Waals surface area contributed by atoms with Crippen molar-refractivity contribution in [3.8, 4) is 10.4 Å². The molecule has 11 nitrogen and oxygen atoms in total. The number of rotatable bonds is 9. The molecule has 37 heavy (non-hydrogen) atoms. The minimum atomic E-state index is -0.674. The van der Waals surface area contributed by atoms with Gasteiger partial charge in [0.1, 0.15) is 29.1 Å². The highest BCUT2D eigenvalue weighted by molar-refractivity contribution is 7.18. The summed E-state index contributed by atoms with van der Waals surface area (Å²) in [5, 5.41) is 6.84. The Morgan fingerprint density at radius 1 is 1.16 bits per heavy atom. The van der Waals surface area contributed by atoms with E-state index in [-0.39, 0.29) is 5.91 Å². The van der Waals surface area contributed by atoms with Gasteiger partial charge in [0.25, 0.3) is 0 Å². The third kappa shape index (κ3) is 8.10. The molecule has 0 aliphatic rings. The fourth-order valence-corrected chi connectivity index (χ4v) is 4.01. The van der Waals surface area contributed by atoms with E-state index in [0.717, 1.165) is 10.4 Å². The van der Waals surface area contributed by atoms with Crippen LogP contribution in [0.25, 0.3) is 10.4 Å². The number of thiazole rings is 1. The van der Waals surface area contributed by atoms with E-state index in [4.69, 9.17) is 4.74 Å². The van der Waals surface area contributed by atoms with E-state index in [9.17, 15) is 9.59 Å². The first-order chi connectivity index (χ1) is 17.4. The number of carbonyl (C=O) groups excluding carboxylic acids is 2. The standard InChI is InChI=1S/C25H34N8O3S/c1-16(33(7)24(35)36-25(3,4)5)22(34)27-12-13-32(6)21-14-20(29-17(2)30-21)31-23-28-15-19(37-23)18-8-10-26-11-9-18/h8-11,14-16H,12-13H2,1-7H3,(H,27,34)(H,28,29,30,31). The molecule has 1 atom stereocenters. The van der Waals surface area contributed by atoms with Crippen LogP contribution in [-0.2, 0) is 9.53 Å². The lowest BCUT2D eigenvalue weighted by Gasteiger charge is -2.28. The van der Waals surface area contributed by atoms with Crippen LogP contribution in [0.5, 0.6) is 0 Å². The van der Waals surface area contributed by atoms with Crippen molar-refractivity contribution >= 4 is 40.1 Å². The molecule has 198 valence electrons. The van der Waals surface area contributed by atoms with E-state index in [1.165, 1.54) is 16.2 Å². The van der Waals surface area contributed by atoms with Crippen LogP contribution in [0.1, 0.15) is 33.5 Å². The van der Waals surface area contributed by atoms with Gasteiger partial charge in [-0.15, -0.1) is 0 Å². The molecule has 0 aliphatic carbocycles. The van der Waals surface area contributed by atoms with E-state index < -0.39 is 17.7 Å². The minimum Gasteiger partial charge on any atom is -0.444 e. The van der Waals surface area contributed by atoms with Gasteiger partial charge in [-0.05, 0) is 52.3 Å². The minimum absolute atomic E-state index is 0.267. The summed E-state index contributed by atoms with van der Waals surface area (Å²) in [6.07, 6.45) is 4.77. The zero-order valence-corrected chi connectivity index (χ0v) is 23.1. The second-order valence-electron chi connectivity index (χ2n) is 9.53. The van der Waals surface area contributed by atoms with Crippen molar-refractivity contribution in [3.05, 3.63) is 42.6 Å². The van der Waals surface area contributed by atoms with Gasteiger partial charge in [0, 0.05) is 51.8 Å². The number of hydrogen-bond donors (Lipinski definition) is 2. The summed E-state index contributed by atoms with van der Waals surface area (Å²) in [6.45, 7) is 9.71. The van der Waals surface area contributed by atoms with Crippen molar-refractivity contribution in [3.63, 3.8) is 0 Å². The van der Waals surface area contributed by atoms with Crippen molar-refractivity contribution in [2.24, 2.45) is 0 Å². The Balaban J connectivity index is 1.55. The maximum Gasteiger partial charge on any atom is 0.410 e. The van der Waals surface area contributed by atoms with Crippen LogP contribution >= 0.6 is 11.3 Å². The lowest BCUT2D eigenvalue weighted by molar-refractivity contribution is -0.125. The van der Waals surface area contributed by atoms with E-state index in [0.29, 0.717) is 35.7 Å². The zero-order valence-electron chi connectivity index (χ0n) is 22.3. The van der Waals surface area contributed by atoms with Gasteiger partial charge in [-0.25, -0.2) is 19.7 Å². The fourth-order valence-electron chi connectivity index (χ4n) is 3.18. The molecule has 0 aromatic carbocycles. The summed E-state index contributed by atoms with van der Waals surface area (Å²) in [4.78, 5) is 46.5. The summed E-state index contributed by atoms with van der Waals surface area (Å²) in [5.41, 5.74) is 0.420. The maximum absolute atomic E-state index is 12.6. The molecular weight excluding hydrogens is 492 g/mol. The Hall–Kier alpha value is -3.80. The van der Waals surface area contributed by atoms with Gasteiger partial charge in [-0.3, -0.25) is 14.7 Å². The van der Waals surface area contributed by atoms with E-state index in [1.807, 2.05) is 43.3 Å². The highest BCUT2D eigenvalue weighted by Gasteiger charge is 2.26. The largest absolute Gasteiger partial charge is 0.444 e. The Morgan fingerprint density at radius 2 is 1.86 bits per heavy atom. The van der Waals surface area contributed by atoms with Gasteiger partial charge in [0.05, 0.1) is 4.88 Å². The molecule has 1 unspecified atom stereocenters. The first kappa shape index (κ1) is 27.8. The molecule has 12 heteroatoms. The van der Waals surface area contributed by atoms with E-state index in [1.54, 1.807) is 47.1 Å². The van der Waals surface area contributed by atoms with Crippen molar-refractivity contribution < 1.29 is 14.3 Å². The fraction of sp³-hybridized carbons (Fsp3) is 0.440.